The summed E-state index contributed by atoms with van der Waals surface area (Å²) in [5, 5.41) is 7.73. The summed E-state index contributed by atoms with van der Waals surface area (Å²) in [4.78, 5) is 19.0. The zero-order valence-electron chi connectivity index (χ0n) is 18.2. The van der Waals surface area contributed by atoms with Crippen LogP contribution in [-0.4, -0.2) is 59.8 Å². The minimum atomic E-state index is -3.23. The van der Waals surface area contributed by atoms with Gasteiger partial charge >= 0.3 is 0 Å². The maximum atomic E-state index is 13.4. The van der Waals surface area contributed by atoms with Crippen LogP contribution in [0.1, 0.15) is 39.8 Å². The van der Waals surface area contributed by atoms with Gasteiger partial charge in [-0.2, -0.15) is 9.67 Å². The molecule has 0 radical (unpaired) electrons. The Labute approximate surface area is 201 Å². The third kappa shape index (κ3) is 5.37. The first-order valence-electron chi connectivity index (χ1n) is 10.3. The van der Waals surface area contributed by atoms with E-state index >= 15 is 0 Å². The molecule has 0 amide bonds. The van der Waals surface area contributed by atoms with Crippen LogP contribution in [0.2, 0.25) is 4.34 Å². The summed E-state index contributed by atoms with van der Waals surface area (Å²) >= 11 is 7.47. The normalized spacial score (nSPS) is 15.5. The van der Waals surface area contributed by atoms with Gasteiger partial charge in [0.2, 0.25) is 16.0 Å². The minimum Gasteiger partial charge on any atom is -0.496 e. The fourth-order valence-electron chi connectivity index (χ4n) is 3.75. The molecule has 9 nitrogen and oxygen atoms in total. The average molecular weight is 510 g/mol. The summed E-state index contributed by atoms with van der Waals surface area (Å²) in [5.41, 5.74) is 0.366. The topological polar surface area (TPSA) is 106 Å². The molecule has 12 heteroatoms. The van der Waals surface area contributed by atoms with Crippen LogP contribution in [0.15, 0.2) is 36.4 Å². The first-order valence-corrected chi connectivity index (χ1v) is 13.4. The Bertz CT molecular complexity index is 1250. The van der Waals surface area contributed by atoms with Gasteiger partial charge < -0.3 is 10.1 Å². The molecule has 0 bridgehead atoms. The van der Waals surface area contributed by atoms with Crippen LogP contribution in [0.25, 0.3) is 0 Å². The van der Waals surface area contributed by atoms with Gasteiger partial charge in [-0.15, -0.1) is 16.4 Å². The third-order valence-corrected chi connectivity index (χ3v) is 8.03. The average Bonchev–Trinajstić information content (AvgIpc) is 3.42. The number of sulfonamides is 1. The van der Waals surface area contributed by atoms with Crippen molar-refractivity contribution in [2.75, 3.05) is 31.8 Å². The Hall–Kier alpha value is -2.47. The number of ether oxygens (including phenoxy) is 1. The van der Waals surface area contributed by atoms with E-state index in [4.69, 9.17) is 16.3 Å². The quantitative estimate of drug-likeness (QED) is 0.520. The number of hydrogen-bond acceptors (Lipinski definition) is 8. The number of methoxy groups -OCH3 is 1. The van der Waals surface area contributed by atoms with Crippen molar-refractivity contribution in [1.29, 1.82) is 0 Å². The van der Waals surface area contributed by atoms with Crippen molar-refractivity contribution in [2.24, 2.45) is 0 Å². The molecule has 1 N–H and O–H groups in total. The standard InChI is InChI=1S/C21H24ClN5O4S2/c1-31-17-6-4-3-5-16(17)20(28)27-21(23-13-15-7-8-18(22)32-15)24-19(25-27)14-9-11-26(12-10-14)33(2,29)30/h3-8,14H,9-13H2,1-2H3,(H,23,24,25). The van der Waals surface area contributed by atoms with E-state index in [0.29, 0.717) is 59.9 Å². The largest absolute Gasteiger partial charge is 0.496 e. The van der Waals surface area contributed by atoms with Crippen molar-refractivity contribution in [3.63, 3.8) is 0 Å². The van der Waals surface area contributed by atoms with Crippen LogP contribution < -0.4 is 10.1 Å². The number of benzene rings is 1. The molecule has 1 fully saturated rings. The number of thiophene rings is 1. The molecule has 3 heterocycles. The highest BCUT2D eigenvalue weighted by atomic mass is 35.5. The fourth-order valence-corrected chi connectivity index (χ4v) is 5.65. The number of hydrogen-bond donors (Lipinski definition) is 1. The highest BCUT2D eigenvalue weighted by Gasteiger charge is 2.30. The summed E-state index contributed by atoms with van der Waals surface area (Å²) in [5.74, 6) is 0.851. The zero-order valence-corrected chi connectivity index (χ0v) is 20.6. The van der Waals surface area contributed by atoms with Gasteiger partial charge in [0.25, 0.3) is 5.91 Å². The van der Waals surface area contributed by atoms with Crippen molar-refractivity contribution in [3.8, 4) is 5.75 Å². The Morgan fingerprint density at radius 3 is 2.61 bits per heavy atom. The molecular formula is C21H24ClN5O4S2. The molecule has 0 unspecified atom stereocenters. The van der Waals surface area contributed by atoms with Crippen molar-refractivity contribution >= 4 is 44.8 Å². The minimum absolute atomic E-state index is 0.0496. The molecule has 176 valence electrons. The fraction of sp³-hybridized carbons (Fsp3) is 0.381. The maximum absolute atomic E-state index is 13.4. The van der Waals surface area contributed by atoms with E-state index in [1.165, 1.54) is 33.7 Å². The van der Waals surface area contributed by atoms with Crippen LogP contribution in [0.5, 0.6) is 5.75 Å². The number of carbonyl (C=O) groups excluding carboxylic acids is 1. The number of anilines is 1. The summed E-state index contributed by atoms with van der Waals surface area (Å²) in [7, 11) is -1.72. The van der Waals surface area contributed by atoms with Crippen molar-refractivity contribution in [1.82, 2.24) is 19.1 Å². The van der Waals surface area contributed by atoms with E-state index in [9.17, 15) is 13.2 Å². The van der Waals surface area contributed by atoms with E-state index in [1.807, 2.05) is 12.1 Å². The highest BCUT2D eigenvalue weighted by molar-refractivity contribution is 7.88. The molecule has 0 spiro atoms. The lowest BCUT2D eigenvalue weighted by Crippen LogP contribution is -2.37. The van der Waals surface area contributed by atoms with Crippen LogP contribution in [0.4, 0.5) is 5.95 Å². The Morgan fingerprint density at radius 1 is 1.24 bits per heavy atom. The number of aromatic nitrogens is 3. The number of piperidine rings is 1. The van der Waals surface area contributed by atoms with Crippen molar-refractivity contribution < 1.29 is 17.9 Å². The van der Waals surface area contributed by atoms with E-state index < -0.39 is 10.0 Å². The lowest BCUT2D eigenvalue weighted by atomic mass is 9.98. The molecule has 1 aliphatic rings. The van der Waals surface area contributed by atoms with E-state index in [2.05, 4.69) is 15.4 Å². The zero-order chi connectivity index (χ0) is 23.6. The first kappa shape index (κ1) is 23.7. The second-order valence-corrected chi connectivity index (χ2v) is 11.5. The van der Waals surface area contributed by atoms with Crippen molar-refractivity contribution in [3.05, 3.63) is 57.0 Å². The van der Waals surface area contributed by atoms with Crippen LogP contribution in [0, 0.1) is 0 Å². The number of halogens is 1. The van der Waals surface area contributed by atoms with Gasteiger partial charge in [0, 0.05) is 23.9 Å². The summed E-state index contributed by atoms with van der Waals surface area (Å²) in [6.07, 6.45) is 2.38. The molecule has 4 rings (SSSR count). The van der Waals surface area contributed by atoms with Gasteiger partial charge in [0.1, 0.15) is 5.75 Å². The molecule has 0 aliphatic carbocycles. The Balaban J connectivity index is 1.62. The highest BCUT2D eigenvalue weighted by Crippen LogP contribution is 2.29. The first-order chi connectivity index (χ1) is 15.8. The number of nitrogens with one attached hydrogen (secondary N) is 1. The van der Waals surface area contributed by atoms with Gasteiger partial charge in [0.05, 0.1) is 29.8 Å². The molecule has 33 heavy (non-hydrogen) atoms. The predicted molar refractivity (Wildman–Crippen MR) is 128 cm³/mol. The van der Waals surface area contributed by atoms with Gasteiger partial charge in [0.15, 0.2) is 5.82 Å². The van der Waals surface area contributed by atoms with Crippen molar-refractivity contribution in [2.45, 2.75) is 25.3 Å². The number of rotatable bonds is 7. The predicted octanol–water partition coefficient (Wildman–Crippen LogP) is 3.44. The lowest BCUT2D eigenvalue weighted by molar-refractivity contribution is 0.0943. The summed E-state index contributed by atoms with van der Waals surface area (Å²) in [6, 6.07) is 10.7. The number of nitrogens with zero attached hydrogens (tertiary/aromatic N) is 4. The maximum Gasteiger partial charge on any atom is 0.285 e. The number of carbonyl (C=O) groups is 1. The van der Waals surface area contributed by atoms with E-state index in [0.717, 1.165) is 4.88 Å². The molecular weight excluding hydrogens is 486 g/mol. The van der Waals surface area contributed by atoms with Crippen LogP contribution >= 0.6 is 22.9 Å². The molecule has 1 saturated heterocycles. The summed E-state index contributed by atoms with van der Waals surface area (Å²) in [6.45, 7) is 1.23. The van der Waals surface area contributed by atoms with Gasteiger partial charge in [-0.3, -0.25) is 4.79 Å². The molecule has 3 aromatic rings. The van der Waals surface area contributed by atoms with Gasteiger partial charge in [-0.25, -0.2) is 12.7 Å². The van der Waals surface area contributed by atoms with E-state index in [-0.39, 0.29) is 11.8 Å². The lowest BCUT2D eigenvalue weighted by Gasteiger charge is -2.28. The molecule has 1 aliphatic heterocycles. The SMILES string of the molecule is COc1ccccc1C(=O)n1nc(C2CCN(S(C)(=O)=O)CC2)nc1NCc1ccc(Cl)s1. The van der Waals surface area contributed by atoms with Crippen LogP contribution in [0.3, 0.4) is 0 Å². The number of para-hydroxylation sites is 1. The monoisotopic (exact) mass is 509 g/mol. The summed E-state index contributed by atoms with van der Waals surface area (Å²) < 4.78 is 32.4. The molecule has 0 atom stereocenters. The molecule has 2 aromatic heterocycles. The second kappa shape index (κ2) is 9.80. The van der Waals surface area contributed by atoms with Crippen LogP contribution in [-0.2, 0) is 16.6 Å². The van der Waals surface area contributed by atoms with Gasteiger partial charge in [-0.05, 0) is 37.1 Å². The Morgan fingerprint density at radius 2 is 1.97 bits per heavy atom. The third-order valence-electron chi connectivity index (χ3n) is 5.49. The van der Waals surface area contributed by atoms with Gasteiger partial charge in [-0.1, -0.05) is 23.7 Å². The smallest absolute Gasteiger partial charge is 0.285 e. The molecule has 1 aromatic carbocycles. The molecule has 0 saturated carbocycles. The second-order valence-electron chi connectivity index (χ2n) is 7.71. The Kier molecular flexibility index (Phi) is 7.03. The van der Waals surface area contributed by atoms with E-state index in [1.54, 1.807) is 24.3 Å².